The molecule has 1 aliphatic heterocycles. The SMILES string of the molecule is COc1cc2[te]c(-c3ccccc3)ccc-2c(=O)c1. The average Bonchev–Trinajstić information content (AvgIpc) is 2.47. The summed E-state index contributed by atoms with van der Waals surface area (Å²) >= 11 is -0.540. The van der Waals surface area contributed by atoms with E-state index in [1.165, 1.54) is 9.14 Å². The van der Waals surface area contributed by atoms with E-state index < -0.39 is 20.4 Å². The van der Waals surface area contributed by atoms with Gasteiger partial charge in [-0.05, 0) is 0 Å². The number of methoxy groups -OCH3 is 1. The Morgan fingerprint density at radius 2 is 1.74 bits per heavy atom. The summed E-state index contributed by atoms with van der Waals surface area (Å²) < 4.78 is 7.71. The van der Waals surface area contributed by atoms with Crippen LogP contribution < -0.4 is 10.2 Å². The molecule has 0 aromatic heterocycles. The summed E-state index contributed by atoms with van der Waals surface area (Å²) in [5.74, 6) is 0.663. The van der Waals surface area contributed by atoms with Crippen LogP contribution in [0.2, 0.25) is 0 Å². The zero-order valence-corrected chi connectivity index (χ0v) is 12.8. The van der Waals surface area contributed by atoms with Crippen LogP contribution in [0.15, 0.2) is 59.4 Å². The molecule has 1 aromatic carbocycles. The summed E-state index contributed by atoms with van der Waals surface area (Å²) in [5, 5.41) is 0. The van der Waals surface area contributed by atoms with Crippen LogP contribution in [0, 0.1) is 0 Å². The second-order valence-electron chi connectivity index (χ2n) is 4.20. The Kier molecular flexibility index (Phi) is 3.42. The molecule has 0 radical (unpaired) electrons. The molecule has 0 N–H and O–H groups in total. The molecule has 1 aliphatic carbocycles. The van der Waals surface area contributed by atoms with Crippen LogP contribution in [0.5, 0.6) is 5.75 Å². The van der Waals surface area contributed by atoms with Crippen molar-refractivity contribution in [3.63, 3.8) is 0 Å². The Morgan fingerprint density at radius 1 is 0.947 bits per heavy atom. The van der Waals surface area contributed by atoms with E-state index in [0.717, 1.165) is 9.14 Å². The summed E-state index contributed by atoms with van der Waals surface area (Å²) in [5.41, 5.74) is 2.15. The van der Waals surface area contributed by atoms with E-state index in [1.54, 1.807) is 13.2 Å². The second kappa shape index (κ2) is 5.20. The molecule has 3 rings (SSSR count). The van der Waals surface area contributed by atoms with E-state index in [9.17, 15) is 4.79 Å². The van der Waals surface area contributed by atoms with Gasteiger partial charge in [0.05, 0.1) is 0 Å². The number of benzene rings is 2. The summed E-state index contributed by atoms with van der Waals surface area (Å²) in [6.07, 6.45) is 0. The van der Waals surface area contributed by atoms with Crippen LogP contribution in [0.4, 0.5) is 0 Å². The van der Waals surface area contributed by atoms with Gasteiger partial charge in [0.1, 0.15) is 0 Å². The van der Waals surface area contributed by atoms with Crippen molar-refractivity contribution in [2.75, 3.05) is 7.11 Å². The molecule has 94 valence electrons. The van der Waals surface area contributed by atoms with Crippen molar-refractivity contribution < 1.29 is 4.74 Å². The first-order valence-electron chi connectivity index (χ1n) is 5.95. The molecule has 1 aromatic rings. The second-order valence-corrected chi connectivity index (χ2v) is 7.30. The van der Waals surface area contributed by atoms with E-state index in [4.69, 9.17) is 4.74 Å². The molecule has 0 fully saturated rings. The van der Waals surface area contributed by atoms with Gasteiger partial charge in [-0.3, -0.25) is 0 Å². The topological polar surface area (TPSA) is 26.3 Å². The minimum absolute atomic E-state index is 0.0582. The third-order valence-corrected chi connectivity index (χ3v) is 6.27. The first kappa shape index (κ1) is 12.5. The Hall–Kier alpha value is -1.56. The summed E-state index contributed by atoms with van der Waals surface area (Å²) in [7, 11) is 1.60. The van der Waals surface area contributed by atoms with Gasteiger partial charge in [0, 0.05) is 0 Å². The van der Waals surface area contributed by atoms with Gasteiger partial charge in [-0.25, -0.2) is 0 Å². The average molecular weight is 364 g/mol. The Morgan fingerprint density at radius 3 is 2.47 bits per heavy atom. The first-order chi connectivity index (χ1) is 9.28. The van der Waals surface area contributed by atoms with Gasteiger partial charge in [-0.15, -0.1) is 0 Å². The van der Waals surface area contributed by atoms with E-state index in [0.29, 0.717) is 5.75 Å². The predicted molar refractivity (Wildman–Crippen MR) is 78.3 cm³/mol. The summed E-state index contributed by atoms with van der Waals surface area (Å²) in [4.78, 5) is 12.0. The van der Waals surface area contributed by atoms with Gasteiger partial charge in [0.25, 0.3) is 0 Å². The zero-order chi connectivity index (χ0) is 13.2. The van der Waals surface area contributed by atoms with Gasteiger partial charge in [0.15, 0.2) is 0 Å². The van der Waals surface area contributed by atoms with Gasteiger partial charge in [-0.2, -0.15) is 0 Å². The van der Waals surface area contributed by atoms with Crippen LogP contribution in [-0.2, 0) is 0 Å². The Labute approximate surface area is 121 Å². The maximum atomic E-state index is 12.0. The first-order valence-corrected chi connectivity index (χ1v) is 8.28. The number of fused-ring (bicyclic) bond motifs is 1. The van der Waals surface area contributed by atoms with Crippen LogP contribution in [0.1, 0.15) is 0 Å². The predicted octanol–water partition coefficient (Wildman–Crippen LogP) is 2.88. The summed E-state index contributed by atoms with van der Waals surface area (Å²) in [6, 6.07) is 17.9. The van der Waals surface area contributed by atoms with Gasteiger partial charge >= 0.3 is 121 Å². The van der Waals surface area contributed by atoms with Crippen LogP contribution >= 0.6 is 0 Å². The van der Waals surface area contributed by atoms with Gasteiger partial charge in [-0.1, -0.05) is 0 Å². The molecule has 19 heavy (non-hydrogen) atoms. The van der Waals surface area contributed by atoms with Crippen molar-refractivity contribution >= 4 is 20.4 Å². The van der Waals surface area contributed by atoms with Crippen molar-refractivity contribution in [2.45, 2.75) is 0 Å². The molecule has 0 bridgehead atoms. The maximum absolute atomic E-state index is 12.0. The zero-order valence-electron chi connectivity index (χ0n) is 10.4. The standard InChI is InChI=1S/C16H12O2Te/c1-18-12-9-14(17)13-7-8-15(19-16(13)10-12)11-5-3-2-4-6-11/h2-10H,1H3. The molecule has 1 heterocycles. The molecule has 2 aliphatic rings. The molecule has 0 saturated carbocycles. The molecular weight excluding hydrogens is 352 g/mol. The normalized spacial score (nSPS) is 10.6. The van der Waals surface area contributed by atoms with Crippen molar-refractivity contribution in [1.29, 1.82) is 0 Å². The van der Waals surface area contributed by atoms with E-state index in [1.807, 2.05) is 30.3 Å². The van der Waals surface area contributed by atoms with Gasteiger partial charge in [0.2, 0.25) is 0 Å². The molecule has 0 amide bonds. The van der Waals surface area contributed by atoms with Gasteiger partial charge < -0.3 is 0 Å². The van der Waals surface area contributed by atoms with Crippen molar-refractivity contribution in [1.82, 2.24) is 0 Å². The number of hydrogen-bond acceptors (Lipinski definition) is 2. The van der Waals surface area contributed by atoms with E-state index in [-0.39, 0.29) is 5.43 Å². The molecular formula is C16H12O2Te. The molecule has 3 heteroatoms. The van der Waals surface area contributed by atoms with Crippen LogP contribution in [0.25, 0.3) is 18.3 Å². The fourth-order valence-corrected chi connectivity index (χ4v) is 5.10. The molecule has 0 saturated heterocycles. The van der Waals surface area contributed by atoms with Crippen molar-refractivity contribution in [3.05, 3.63) is 64.8 Å². The van der Waals surface area contributed by atoms with E-state index in [2.05, 4.69) is 18.2 Å². The van der Waals surface area contributed by atoms with E-state index >= 15 is 0 Å². The molecule has 0 unspecified atom stereocenters. The monoisotopic (exact) mass is 366 g/mol. The Balaban J connectivity index is 2.21. The third-order valence-electron chi connectivity index (χ3n) is 2.99. The fourth-order valence-electron chi connectivity index (χ4n) is 2.01. The fraction of sp³-hybridized carbons (Fsp3) is 0.0625. The Bertz CT molecular complexity index is 731. The van der Waals surface area contributed by atoms with Crippen LogP contribution in [0.3, 0.4) is 0 Å². The summed E-state index contributed by atoms with van der Waals surface area (Å²) in [6.45, 7) is 0. The third kappa shape index (κ3) is 2.45. The van der Waals surface area contributed by atoms with Crippen molar-refractivity contribution in [2.24, 2.45) is 0 Å². The number of rotatable bonds is 2. The molecule has 2 nitrogen and oxygen atoms in total. The molecule has 0 atom stereocenters. The quantitative estimate of drug-likeness (QED) is 0.654. The number of hydrogen-bond donors (Lipinski definition) is 0. The molecule has 0 spiro atoms. The van der Waals surface area contributed by atoms with Crippen molar-refractivity contribution in [3.8, 4) is 24.0 Å². The minimum atomic E-state index is -0.540. The van der Waals surface area contributed by atoms with Crippen LogP contribution in [-0.4, -0.2) is 27.5 Å². The number of ether oxygens (including phenoxy) is 1.